The molecule has 0 radical (unpaired) electrons. The van der Waals surface area contributed by atoms with Crippen molar-refractivity contribution in [3.63, 3.8) is 0 Å². The summed E-state index contributed by atoms with van der Waals surface area (Å²) in [4.78, 5) is 12.1. The van der Waals surface area contributed by atoms with Crippen LogP contribution in [0.5, 0.6) is 0 Å². The van der Waals surface area contributed by atoms with Crippen LogP contribution >= 0.6 is 0 Å². The van der Waals surface area contributed by atoms with Crippen molar-refractivity contribution in [3.8, 4) is 0 Å². The van der Waals surface area contributed by atoms with E-state index in [1.54, 1.807) is 0 Å². The van der Waals surface area contributed by atoms with E-state index in [1.807, 2.05) is 12.3 Å². The lowest BCUT2D eigenvalue weighted by Gasteiger charge is -2.26. The maximum atomic E-state index is 4.88. The van der Waals surface area contributed by atoms with Gasteiger partial charge >= 0.3 is 0 Å². The molecular formula is C18H27N5. The van der Waals surface area contributed by atoms with E-state index >= 15 is 0 Å². The van der Waals surface area contributed by atoms with Crippen LogP contribution in [0.3, 0.4) is 0 Å². The van der Waals surface area contributed by atoms with Crippen LogP contribution < -0.4 is 5.32 Å². The molecule has 0 aliphatic carbocycles. The number of imidazole rings is 1. The van der Waals surface area contributed by atoms with Crippen molar-refractivity contribution in [2.75, 3.05) is 26.2 Å². The summed E-state index contributed by atoms with van der Waals surface area (Å²) in [5.41, 5.74) is 2.09. The summed E-state index contributed by atoms with van der Waals surface area (Å²) in [6, 6.07) is 4.66. The fraction of sp³-hybridized carbons (Fsp3) is 0.667. The van der Waals surface area contributed by atoms with Gasteiger partial charge in [-0.15, -0.1) is 0 Å². The Labute approximate surface area is 138 Å². The molecule has 0 aromatic carbocycles. The average Bonchev–Trinajstić information content (AvgIpc) is 3.22. The first-order valence-electron chi connectivity index (χ1n) is 9.16. The van der Waals surface area contributed by atoms with Crippen LogP contribution in [0.4, 0.5) is 0 Å². The maximum Gasteiger partial charge on any atom is 0.160 e. The van der Waals surface area contributed by atoms with Gasteiger partial charge in [-0.3, -0.25) is 0 Å². The number of nitrogens with one attached hydrogen (secondary N) is 1. The van der Waals surface area contributed by atoms with Crippen LogP contribution in [-0.2, 0) is 13.0 Å². The predicted octanol–water partition coefficient (Wildman–Crippen LogP) is 2.21. The number of piperidine rings is 1. The highest BCUT2D eigenvalue weighted by molar-refractivity contribution is 5.71. The van der Waals surface area contributed by atoms with Gasteiger partial charge in [-0.25, -0.2) is 9.97 Å². The van der Waals surface area contributed by atoms with Crippen LogP contribution in [0.25, 0.3) is 11.2 Å². The average molecular weight is 313 g/mol. The monoisotopic (exact) mass is 313 g/mol. The molecule has 1 N–H and O–H groups in total. The van der Waals surface area contributed by atoms with Gasteiger partial charge in [0.25, 0.3) is 0 Å². The number of aromatic nitrogens is 3. The highest BCUT2D eigenvalue weighted by atomic mass is 15.2. The molecule has 5 heteroatoms. The van der Waals surface area contributed by atoms with Crippen molar-refractivity contribution < 1.29 is 0 Å². The number of pyridine rings is 1. The topological polar surface area (TPSA) is 46.0 Å². The minimum atomic E-state index is 0.584. The third kappa shape index (κ3) is 3.40. The zero-order chi connectivity index (χ0) is 15.5. The first-order valence-corrected chi connectivity index (χ1v) is 9.16. The summed E-state index contributed by atoms with van der Waals surface area (Å²) in [6.07, 6.45) is 9.56. The standard InChI is InChI=1S/C18H27N5/c1-2-10-22(11-3-1)12-13-23-17(14-15-6-4-8-19-15)21-16-7-5-9-20-18(16)23/h5,7,9,15,19H,1-4,6,8,10-14H2. The van der Waals surface area contributed by atoms with E-state index in [1.165, 1.54) is 51.0 Å². The van der Waals surface area contributed by atoms with Crippen LogP contribution in [0.15, 0.2) is 18.3 Å². The summed E-state index contributed by atoms with van der Waals surface area (Å²) in [6.45, 7) is 5.78. The highest BCUT2D eigenvalue weighted by Gasteiger charge is 2.20. The van der Waals surface area contributed by atoms with Gasteiger partial charge in [-0.05, 0) is 57.5 Å². The Hall–Kier alpha value is -1.46. The zero-order valence-corrected chi connectivity index (χ0v) is 13.9. The largest absolute Gasteiger partial charge is 0.314 e. The molecule has 2 fully saturated rings. The molecule has 4 heterocycles. The fourth-order valence-electron chi connectivity index (χ4n) is 3.97. The van der Waals surface area contributed by atoms with Gasteiger partial charge < -0.3 is 14.8 Å². The van der Waals surface area contributed by atoms with E-state index in [0.717, 1.165) is 37.2 Å². The normalized spacial score (nSPS) is 22.9. The Morgan fingerprint density at radius 1 is 1.13 bits per heavy atom. The molecule has 1 unspecified atom stereocenters. The van der Waals surface area contributed by atoms with Crippen molar-refractivity contribution in [2.45, 2.75) is 51.1 Å². The summed E-state index contributed by atoms with van der Waals surface area (Å²) >= 11 is 0. The summed E-state index contributed by atoms with van der Waals surface area (Å²) in [7, 11) is 0. The molecule has 2 aliphatic rings. The minimum Gasteiger partial charge on any atom is -0.314 e. The zero-order valence-electron chi connectivity index (χ0n) is 13.9. The lowest BCUT2D eigenvalue weighted by atomic mass is 10.1. The van der Waals surface area contributed by atoms with Crippen molar-refractivity contribution >= 4 is 11.2 Å². The fourth-order valence-corrected chi connectivity index (χ4v) is 3.97. The van der Waals surface area contributed by atoms with Gasteiger partial charge in [-0.1, -0.05) is 6.42 Å². The Balaban J connectivity index is 1.54. The molecule has 2 aliphatic heterocycles. The third-order valence-electron chi connectivity index (χ3n) is 5.26. The van der Waals surface area contributed by atoms with E-state index in [2.05, 4.69) is 25.8 Å². The van der Waals surface area contributed by atoms with Crippen LogP contribution in [0, 0.1) is 0 Å². The number of nitrogens with zero attached hydrogens (tertiary/aromatic N) is 4. The van der Waals surface area contributed by atoms with E-state index in [9.17, 15) is 0 Å². The van der Waals surface area contributed by atoms with Crippen LogP contribution in [0.2, 0.25) is 0 Å². The lowest BCUT2D eigenvalue weighted by Crippen LogP contribution is -2.33. The highest BCUT2D eigenvalue weighted by Crippen LogP contribution is 2.18. The van der Waals surface area contributed by atoms with Crippen LogP contribution in [-0.4, -0.2) is 51.7 Å². The molecule has 2 aromatic heterocycles. The second-order valence-corrected chi connectivity index (χ2v) is 6.93. The first-order chi connectivity index (χ1) is 11.4. The van der Waals surface area contributed by atoms with E-state index in [4.69, 9.17) is 4.98 Å². The molecule has 0 bridgehead atoms. The van der Waals surface area contributed by atoms with E-state index in [0.29, 0.717) is 6.04 Å². The Morgan fingerprint density at radius 3 is 2.87 bits per heavy atom. The lowest BCUT2D eigenvalue weighted by molar-refractivity contribution is 0.220. The predicted molar refractivity (Wildman–Crippen MR) is 92.5 cm³/mol. The smallest absolute Gasteiger partial charge is 0.160 e. The molecular weight excluding hydrogens is 286 g/mol. The second kappa shape index (κ2) is 6.97. The minimum absolute atomic E-state index is 0.584. The molecule has 4 rings (SSSR count). The van der Waals surface area contributed by atoms with Gasteiger partial charge in [0.05, 0.1) is 0 Å². The molecule has 0 spiro atoms. The third-order valence-corrected chi connectivity index (χ3v) is 5.26. The van der Waals surface area contributed by atoms with Crippen molar-refractivity contribution in [1.29, 1.82) is 0 Å². The number of likely N-dealkylation sites (tertiary alicyclic amines) is 1. The van der Waals surface area contributed by atoms with Crippen molar-refractivity contribution in [1.82, 2.24) is 24.8 Å². The van der Waals surface area contributed by atoms with Crippen molar-refractivity contribution in [2.24, 2.45) is 0 Å². The molecule has 0 amide bonds. The molecule has 1 atom stereocenters. The number of hydrogen-bond donors (Lipinski definition) is 1. The SMILES string of the molecule is c1cnc2c(c1)nc(CC1CCCN1)n2CCN1CCCCC1. The number of rotatable bonds is 5. The van der Waals surface area contributed by atoms with E-state index in [-0.39, 0.29) is 0 Å². The summed E-state index contributed by atoms with van der Waals surface area (Å²) in [5, 5.41) is 3.60. The van der Waals surface area contributed by atoms with Gasteiger partial charge in [0.2, 0.25) is 0 Å². The van der Waals surface area contributed by atoms with Gasteiger partial charge in [0, 0.05) is 31.7 Å². The quantitative estimate of drug-likeness (QED) is 0.919. The maximum absolute atomic E-state index is 4.88. The summed E-state index contributed by atoms with van der Waals surface area (Å²) in [5.74, 6) is 1.20. The summed E-state index contributed by atoms with van der Waals surface area (Å²) < 4.78 is 2.37. The van der Waals surface area contributed by atoms with Crippen molar-refractivity contribution in [3.05, 3.63) is 24.2 Å². The first kappa shape index (κ1) is 15.1. The Bertz CT molecular complexity index is 638. The van der Waals surface area contributed by atoms with Gasteiger partial charge in [0.15, 0.2) is 5.65 Å². The molecule has 23 heavy (non-hydrogen) atoms. The second-order valence-electron chi connectivity index (χ2n) is 6.93. The molecule has 2 aromatic rings. The number of fused-ring (bicyclic) bond motifs is 1. The number of hydrogen-bond acceptors (Lipinski definition) is 4. The Morgan fingerprint density at radius 2 is 2.04 bits per heavy atom. The molecule has 5 nitrogen and oxygen atoms in total. The van der Waals surface area contributed by atoms with Gasteiger partial charge in [-0.2, -0.15) is 0 Å². The van der Waals surface area contributed by atoms with E-state index < -0.39 is 0 Å². The molecule has 124 valence electrons. The van der Waals surface area contributed by atoms with Crippen LogP contribution in [0.1, 0.15) is 37.9 Å². The van der Waals surface area contributed by atoms with Gasteiger partial charge in [0.1, 0.15) is 11.3 Å². The Kier molecular flexibility index (Phi) is 4.57. The molecule has 0 saturated carbocycles. The molecule has 2 saturated heterocycles.